The average Bonchev–Trinajstić information content (AvgIpc) is 2.44. The molecule has 0 aliphatic carbocycles. The minimum absolute atomic E-state index is 0. The van der Waals surface area contributed by atoms with Crippen molar-refractivity contribution in [1.82, 2.24) is 20.6 Å². The molecular formula is C12H21ClN4O3. The molecule has 1 aromatic heterocycles. The third kappa shape index (κ3) is 4.82. The summed E-state index contributed by atoms with van der Waals surface area (Å²) in [5.41, 5.74) is 0.205. The van der Waals surface area contributed by atoms with Gasteiger partial charge in [0.15, 0.2) is 5.56 Å². The summed E-state index contributed by atoms with van der Waals surface area (Å²) in [5, 5.41) is 5.99. The first-order valence-corrected chi connectivity index (χ1v) is 6.08. The lowest BCUT2D eigenvalue weighted by atomic mass is 10.2. The Morgan fingerprint density at radius 3 is 2.30 bits per heavy atom. The van der Waals surface area contributed by atoms with Crippen LogP contribution in [0.4, 0.5) is 0 Å². The van der Waals surface area contributed by atoms with E-state index in [0.717, 1.165) is 6.54 Å². The average molecular weight is 305 g/mol. The van der Waals surface area contributed by atoms with Crippen LogP contribution in [-0.2, 0) is 0 Å². The van der Waals surface area contributed by atoms with Gasteiger partial charge in [0.2, 0.25) is 11.8 Å². The molecule has 1 heterocycles. The molecule has 8 heteroatoms. The SMILES string of the molecule is CCN[C@H](C)CNC(=O)c1c(OC)ncnc1OC.Cl. The Hall–Kier alpha value is -1.60. The molecular weight excluding hydrogens is 284 g/mol. The Morgan fingerprint density at radius 2 is 1.85 bits per heavy atom. The zero-order valence-corrected chi connectivity index (χ0v) is 12.9. The molecule has 1 amide bonds. The Kier molecular flexibility index (Phi) is 8.58. The highest BCUT2D eigenvalue weighted by molar-refractivity contribution is 5.98. The van der Waals surface area contributed by atoms with E-state index in [-0.39, 0.29) is 41.7 Å². The summed E-state index contributed by atoms with van der Waals surface area (Å²) >= 11 is 0. The monoisotopic (exact) mass is 304 g/mol. The number of carbonyl (C=O) groups excluding carboxylic acids is 1. The van der Waals surface area contributed by atoms with Gasteiger partial charge in [-0.2, -0.15) is 0 Å². The summed E-state index contributed by atoms with van der Waals surface area (Å²) < 4.78 is 10.1. The second-order valence-corrected chi connectivity index (χ2v) is 3.94. The van der Waals surface area contributed by atoms with Crippen LogP contribution in [0.25, 0.3) is 0 Å². The van der Waals surface area contributed by atoms with Gasteiger partial charge in [-0.1, -0.05) is 6.92 Å². The predicted octanol–water partition coefficient (Wildman–Crippen LogP) is 0.643. The molecule has 0 saturated heterocycles. The molecule has 2 N–H and O–H groups in total. The summed E-state index contributed by atoms with van der Waals surface area (Å²) in [4.78, 5) is 19.9. The molecule has 1 rings (SSSR count). The Morgan fingerprint density at radius 1 is 1.30 bits per heavy atom. The molecule has 114 valence electrons. The smallest absolute Gasteiger partial charge is 0.262 e. The molecule has 0 aliphatic rings. The van der Waals surface area contributed by atoms with E-state index in [4.69, 9.17) is 9.47 Å². The van der Waals surface area contributed by atoms with Crippen molar-refractivity contribution in [2.75, 3.05) is 27.3 Å². The Balaban J connectivity index is 0.00000361. The molecule has 0 aliphatic heterocycles. The van der Waals surface area contributed by atoms with E-state index in [9.17, 15) is 4.79 Å². The second kappa shape index (κ2) is 9.33. The number of nitrogens with one attached hydrogen (secondary N) is 2. The van der Waals surface area contributed by atoms with Crippen molar-refractivity contribution < 1.29 is 14.3 Å². The first kappa shape index (κ1) is 18.4. The van der Waals surface area contributed by atoms with E-state index >= 15 is 0 Å². The van der Waals surface area contributed by atoms with E-state index < -0.39 is 0 Å². The number of nitrogens with zero attached hydrogens (tertiary/aromatic N) is 2. The van der Waals surface area contributed by atoms with Crippen LogP contribution in [0.5, 0.6) is 11.8 Å². The summed E-state index contributed by atoms with van der Waals surface area (Å²) in [6.07, 6.45) is 1.29. The zero-order chi connectivity index (χ0) is 14.3. The van der Waals surface area contributed by atoms with Crippen molar-refractivity contribution in [3.05, 3.63) is 11.9 Å². The van der Waals surface area contributed by atoms with E-state index in [0.29, 0.717) is 6.54 Å². The van der Waals surface area contributed by atoms with Gasteiger partial charge in [0.1, 0.15) is 6.33 Å². The van der Waals surface area contributed by atoms with Crippen LogP contribution in [0.1, 0.15) is 24.2 Å². The highest BCUT2D eigenvalue weighted by atomic mass is 35.5. The first-order chi connectivity index (χ1) is 9.13. The molecule has 20 heavy (non-hydrogen) atoms. The highest BCUT2D eigenvalue weighted by Crippen LogP contribution is 2.22. The molecule has 0 bridgehead atoms. The largest absolute Gasteiger partial charge is 0.480 e. The van der Waals surface area contributed by atoms with Crippen molar-refractivity contribution in [3.63, 3.8) is 0 Å². The lowest BCUT2D eigenvalue weighted by Crippen LogP contribution is -2.39. The fourth-order valence-electron chi connectivity index (χ4n) is 1.61. The topological polar surface area (TPSA) is 85.4 Å². The van der Waals surface area contributed by atoms with Gasteiger partial charge in [-0.25, -0.2) is 9.97 Å². The minimum Gasteiger partial charge on any atom is -0.480 e. The summed E-state index contributed by atoms with van der Waals surface area (Å²) in [5.74, 6) is 0.0694. The maximum Gasteiger partial charge on any atom is 0.262 e. The van der Waals surface area contributed by atoms with Crippen LogP contribution in [0.3, 0.4) is 0 Å². The van der Waals surface area contributed by atoms with Crippen molar-refractivity contribution >= 4 is 18.3 Å². The van der Waals surface area contributed by atoms with Crippen LogP contribution in [-0.4, -0.2) is 49.2 Å². The van der Waals surface area contributed by atoms with Crippen molar-refractivity contribution in [2.24, 2.45) is 0 Å². The van der Waals surface area contributed by atoms with Crippen LogP contribution < -0.4 is 20.1 Å². The quantitative estimate of drug-likeness (QED) is 0.769. The number of ether oxygens (including phenoxy) is 2. The standard InChI is InChI=1S/C12H20N4O3.ClH/c1-5-13-8(2)6-14-10(17)9-11(18-3)15-7-16-12(9)19-4;/h7-8,13H,5-6H2,1-4H3,(H,14,17);1H/t8-;/m1./s1. The van der Waals surface area contributed by atoms with Crippen molar-refractivity contribution in [1.29, 1.82) is 0 Å². The van der Waals surface area contributed by atoms with Gasteiger partial charge in [0.25, 0.3) is 5.91 Å². The zero-order valence-electron chi connectivity index (χ0n) is 12.1. The van der Waals surface area contributed by atoms with Gasteiger partial charge in [-0.05, 0) is 13.5 Å². The van der Waals surface area contributed by atoms with Gasteiger partial charge in [0.05, 0.1) is 14.2 Å². The Bertz CT molecular complexity index is 409. The van der Waals surface area contributed by atoms with Crippen LogP contribution in [0.15, 0.2) is 6.33 Å². The van der Waals surface area contributed by atoms with Gasteiger partial charge in [-0.3, -0.25) is 4.79 Å². The number of methoxy groups -OCH3 is 2. The number of amides is 1. The number of hydrogen-bond acceptors (Lipinski definition) is 6. The van der Waals surface area contributed by atoms with Gasteiger partial charge >= 0.3 is 0 Å². The fourth-order valence-corrected chi connectivity index (χ4v) is 1.61. The summed E-state index contributed by atoms with van der Waals surface area (Å²) in [7, 11) is 2.89. The molecule has 7 nitrogen and oxygen atoms in total. The van der Waals surface area contributed by atoms with Crippen molar-refractivity contribution in [3.8, 4) is 11.8 Å². The molecule has 0 aromatic carbocycles. The van der Waals surface area contributed by atoms with E-state index in [1.54, 1.807) is 0 Å². The number of halogens is 1. The third-order valence-corrected chi connectivity index (χ3v) is 2.51. The maximum atomic E-state index is 12.1. The van der Waals surface area contributed by atoms with Crippen LogP contribution >= 0.6 is 12.4 Å². The van der Waals surface area contributed by atoms with Crippen LogP contribution in [0.2, 0.25) is 0 Å². The minimum atomic E-state index is -0.320. The normalized spacial score (nSPS) is 11.2. The van der Waals surface area contributed by atoms with Crippen molar-refractivity contribution in [2.45, 2.75) is 19.9 Å². The summed E-state index contributed by atoms with van der Waals surface area (Å²) in [6, 6.07) is 0.176. The van der Waals surface area contributed by atoms with E-state index in [1.807, 2.05) is 13.8 Å². The van der Waals surface area contributed by atoms with Gasteiger partial charge in [0, 0.05) is 12.6 Å². The molecule has 0 spiro atoms. The number of rotatable bonds is 7. The highest BCUT2D eigenvalue weighted by Gasteiger charge is 2.20. The molecule has 1 aromatic rings. The molecule has 0 fully saturated rings. The Labute approximate surface area is 124 Å². The van der Waals surface area contributed by atoms with Gasteiger partial charge < -0.3 is 20.1 Å². The number of aromatic nitrogens is 2. The lowest BCUT2D eigenvalue weighted by Gasteiger charge is -2.14. The predicted molar refractivity (Wildman–Crippen MR) is 77.9 cm³/mol. The molecule has 0 saturated carbocycles. The molecule has 1 atom stereocenters. The molecule has 0 radical (unpaired) electrons. The summed E-state index contributed by atoms with van der Waals surface area (Å²) in [6.45, 7) is 5.33. The van der Waals surface area contributed by atoms with Crippen LogP contribution in [0, 0.1) is 0 Å². The van der Waals surface area contributed by atoms with Gasteiger partial charge in [-0.15, -0.1) is 12.4 Å². The first-order valence-electron chi connectivity index (χ1n) is 6.08. The number of likely N-dealkylation sites (N-methyl/N-ethyl adjacent to an activating group) is 1. The second-order valence-electron chi connectivity index (χ2n) is 3.94. The number of hydrogen-bond donors (Lipinski definition) is 2. The van der Waals surface area contributed by atoms with E-state index in [1.165, 1.54) is 20.5 Å². The maximum absolute atomic E-state index is 12.1. The number of carbonyl (C=O) groups is 1. The lowest BCUT2D eigenvalue weighted by molar-refractivity contribution is 0.0942. The van der Waals surface area contributed by atoms with E-state index in [2.05, 4.69) is 20.6 Å². The molecule has 0 unspecified atom stereocenters. The third-order valence-electron chi connectivity index (χ3n) is 2.51. The fraction of sp³-hybridized carbons (Fsp3) is 0.583.